The van der Waals surface area contributed by atoms with E-state index in [0.29, 0.717) is 105 Å². The van der Waals surface area contributed by atoms with E-state index in [2.05, 4.69) is 16.0 Å². The van der Waals surface area contributed by atoms with Gasteiger partial charge >= 0.3 is 0 Å². The van der Waals surface area contributed by atoms with Crippen molar-refractivity contribution in [2.24, 2.45) is 0 Å². The van der Waals surface area contributed by atoms with Gasteiger partial charge in [0, 0.05) is 78.3 Å². The first kappa shape index (κ1) is 43.7. The van der Waals surface area contributed by atoms with Gasteiger partial charge in [0.2, 0.25) is 35.4 Å². The molecule has 1 aromatic rings. The second-order valence-electron chi connectivity index (χ2n) is 12.1. The number of carbonyl (C=O) groups excluding carboxylic acids is 6. The fourth-order valence-electron chi connectivity index (χ4n) is 4.67. The van der Waals surface area contributed by atoms with Crippen molar-refractivity contribution in [1.82, 2.24) is 31.1 Å². The van der Waals surface area contributed by atoms with Crippen LogP contribution >= 0.6 is 0 Å². The zero-order chi connectivity index (χ0) is 37.1. The molecule has 1 aromatic carbocycles. The van der Waals surface area contributed by atoms with Crippen LogP contribution < -0.4 is 16.0 Å². The zero-order valence-corrected chi connectivity index (χ0v) is 29.2. The molecule has 0 heterocycles. The third-order valence-corrected chi connectivity index (χ3v) is 7.75. The average Bonchev–Trinajstić information content (AvgIpc) is 3.09. The van der Waals surface area contributed by atoms with Gasteiger partial charge in [0.05, 0.1) is 0 Å². The molecule has 7 N–H and O–H groups in total. The number of hydroxylamine groups is 6. The van der Waals surface area contributed by atoms with Crippen LogP contribution in [0, 0.1) is 0 Å². The Kier molecular flexibility index (Phi) is 23.2. The Morgan fingerprint density at radius 3 is 1.30 bits per heavy atom. The lowest BCUT2D eigenvalue weighted by atomic mass is 10.1. The van der Waals surface area contributed by atoms with Gasteiger partial charge in [-0.15, -0.1) is 0 Å². The molecule has 0 unspecified atom stereocenters. The van der Waals surface area contributed by atoms with Crippen LogP contribution in [0.25, 0.3) is 0 Å². The highest BCUT2D eigenvalue weighted by atomic mass is 16.5. The number of unbranched alkanes of at least 4 members (excludes halogenated alkanes) is 6. The van der Waals surface area contributed by atoms with Crippen LogP contribution in [0.15, 0.2) is 24.3 Å². The molecule has 0 aromatic heterocycles. The van der Waals surface area contributed by atoms with E-state index in [1.54, 1.807) is 24.3 Å². The lowest BCUT2D eigenvalue weighted by Crippen LogP contribution is -2.31. The van der Waals surface area contributed by atoms with Crippen LogP contribution in [-0.4, -0.2) is 111 Å². The summed E-state index contributed by atoms with van der Waals surface area (Å²) in [6, 6.07) is 6.71. The molecule has 0 bridgehead atoms. The molecule has 0 aliphatic rings. The second-order valence-corrected chi connectivity index (χ2v) is 12.1. The average molecular weight is 709 g/mol. The van der Waals surface area contributed by atoms with Gasteiger partial charge in [-0.05, 0) is 81.9 Å². The molecule has 1 rings (SSSR count). The van der Waals surface area contributed by atoms with E-state index in [4.69, 9.17) is 0 Å². The summed E-state index contributed by atoms with van der Waals surface area (Å²) in [5, 5.41) is 48.6. The number of rotatable bonds is 27. The number of nitrogens with zero attached hydrogens (tertiary/aromatic N) is 3. The number of benzene rings is 1. The van der Waals surface area contributed by atoms with Crippen LogP contribution in [0.5, 0.6) is 5.75 Å². The molecule has 282 valence electrons. The molecule has 0 radical (unpaired) electrons. The normalized spacial score (nSPS) is 10.6. The van der Waals surface area contributed by atoms with Gasteiger partial charge in [0.1, 0.15) is 5.75 Å². The number of hydrogen-bond donors (Lipinski definition) is 7. The summed E-state index contributed by atoms with van der Waals surface area (Å²) in [6.45, 7) is 2.97. The van der Waals surface area contributed by atoms with E-state index < -0.39 is 17.7 Å². The van der Waals surface area contributed by atoms with Crippen LogP contribution in [0.1, 0.15) is 102 Å². The van der Waals surface area contributed by atoms with Crippen molar-refractivity contribution >= 4 is 35.4 Å². The molecule has 0 aliphatic heterocycles. The molecule has 6 amide bonds. The Bertz CT molecular complexity index is 1180. The van der Waals surface area contributed by atoms with Crippen molar-refractivity contribution in [3.05, 3.63) is 29.8 Å². The maximum absolute atomic E-state index is 12.1. The second kappa shape index (κ2) is 26.6. The van der Waals surface area contributed by atoms with E-state index in [9.17, 15) is 49.5 Å². The largest absolute Gasteiger partial charge is 0.508 e. The summed E-state index contributed by atoms with van der Waals surface area (Å²) < 4.78 is 0. The Hall–Kier alpha value is -4.28. The van der Waals surface area contributed by atoms with Gasteiger partial charge in [0.15, 0.2) is 0 Å². The third kappa shape index (κ3) is 22.4. The van der Waals surface area contributed by atoms with Gasteiger partial charge in [-0.1, -0.05) is 12.1 Å². The van der Waals surface area contributed by atoms with Crippen molar-refractivity contribution < 1.29 is 49.5 Å². The minimum absolute atomic E-state index is 0.0562. The number of phenols is 1. The van der Waals surface area contributed by atoms with Gasteiger partial charge < -0.3 is 21.1 Å². The van der Waals surface area contributed by atoms with Crippen molar-refractivity contribution in [1.29, 1.82) is 0 Å². The molecule has 0 saturated heterocycles. The Morgan fingerprint density at radius 1 is 0.520 bits per heavy atom. The molecule has 0 atom stereocenters. The van der Waals surface area contributed by atoms with E-state index in [1.807, 2.05) is 0 Å². The van der Waals surface area contributed by atoms with Crippen molar-refractivity contribution in [3.8, 4) is 5.75 Å². The lowest BCUT2D eigenvalue weighted by molar-refractivity contribution is -0.166. The number of phenolic OH excluding ortho intramolecular Hbond substituents is 1. The van der Waals surface area contributed by atoms with Gasteiger partial charge in [-0.2, -0.15) is 0 Å². The fourth-order valence-corrected chi connectivity index (χ4v) is 4.67. The quantitative estimate of drug-likeness (QED) is 0.0401. The summed E-state index contributed by atoms with van der Waals surface area (Å²) in [4.78, 5) is 71.1. The predicted molar refractivity (Wildman–Crippen MR) is 182 cm³/mol. The Labute approximate surface area is 294 Å². The summed E-state index contributed by atoms with van der Waals surface area (Å²) >= 11 is 0. The number of amides is 6. The molecule has 50 heavy (non-hydrogen) atoms. The number of hydrogen-bond acceptors (Lipinski definition) is 10. The van der Waals surface area contributed by atoms with E-state index in [0.717, 1.165) is 5.56 Å². The van der Waals surface area contributed by atoms with Crippen LogP contribution in [0.3, 0.4) is 0 Å². The smallest absolute Gasteiger partial charge is 0.246 e. The first-order valence-corrected chi connectivity index (χ1v) is 17.4. The molecular weight excluding hydrogens is 652 g/mol. The summed E-state index contributed by atoms with van der Waals surface area (Å²) in [7, 11) is 0. The van der Waals surface area contributed by atoms with Gasteiger partial charge in [0.25, 0.3) is 0 Å². The predicted octanol–water partition coefficient (Wildman–Crippen LogP) is 2.42. The minimum Gasteiger partial charge on any atom is -0.508 e. The van der Waals surface area contributed by atoms with Crippen LogP contribution in [0.2, 0.25) is 0 Å². The first-order chi connectivity index (χ1) is 23.9. The summed E-state index contributed by atoms with van der Waals surface area (Å²) in [5.41, 5.74) is 0.962. The van der Waals surface area contributed by atoms with Crippen LogP contribution in [-0.2, 0) is 35.2 Å². The van der Waals surface area contributed by atoms with E-state index >= 15 is 0 Å². The Balaban J connectivity index is 1.99. The molecule has 16 nitrogen and oxygen atoms in total. The first-order valence-electron chi connectivity index (χ1n) is 17.4. The third-order valence-electron chi connectivity index (χ3n) is 7.75. The lowest BCUT2D eigenvalue weighted by Gasteiger charge is -2.15. The Morgan fingerprint density at radius 2 is 0.900 bits per heavy atom. The van der Waals surface area contributed by atoms with Crippen molar-refractivity contribution in [2.75, 3.05) is 39.3 Å². The van der Waals surface area contributed by atoms with Gasteiger partial charge in [-0.25, -0.2) is 15.2 Å². The SMILES string of the molecule is CC(=O)N(O)CCCCCNC(=O)CCC(=O)N(O)CCCCCNC(=O)CCC(=O)N(O)CCCCCNC(=O)CCc1ccc(O)cc1. The molecule has 0 spiro atoms. The number of aryl methyl sites for hydroxylation is 1. The highest BCUT2D eigenvalue weighted by Crippen LogP contribution is 2.11. The highest BCUT2D eigenvalue weighted by Gasteiger charge is 2.14. The standard InChI is InChI=1S/C34H56N6O10/c1-27(41)38(48)24-8-2-5-22-36-31(44)17-19-33(46)40(50)26-10-4-7-23-37-32(45)18-20-34(47)39(49)25-9-3-6-21-35-30(43)16-13-28-11-14-29(42)15-12-28/h11-12,14-15,42,48-50H,2-10,13,16-26H2,1H3,(H,35,43)(H,36,44)(H,37,45). The number of carbonyl (C=O) groups is 6. The van der Waals surface area contributed by atoms with Crippen molar-refractivity contribution in [2.45, 2.75) is 103 Å². The number of nitrogens with one attached hydrogen (secondary N) is 3. The van der Waals surface area contributed by atoms with Crippen molar-refractivity contribution in [3.63, 3.8) is 0 Å². The van der Waals surface area contributed by atoms with E-state index in [-0.39, 0.29) is 68.8 Å². The fraction of sp³-hybridized carbons (Fsp3) is 0.647. The monoisotopic (exact) mass is 708 g/mol. The molecular formula is C34H56N6O10. The zero-order valence-electron chi connectivity index (χ0n) is 29.2. The van der Waals surface area contributed by atoms with Crippen LogP contribution in [0.4, 0.5) is 0 Å². The number of aromatic hydroxyl groups is 1. The maximum atomic E-state index is 12.1. The molecule has 0 aliphatic carbocycles. The molecule has 0 saturated carbocycles. The molecule has 16 heteroatoms. The van der Waals surface area contributed by atoms with Gasteiger partial charge in [-0.3, -0.25) is 44.4 Å². The highest BCUT2D eigenvalue weighted by molar-refractivity contribution is 5.83. The molecule has 0 fully saturated rings. The van der Waals surface area contributed by atoms with E-state index in [1.165, 1.54) is 6.92 Å². The summed E-state index contributed by atoms with van der Waals surface area (Å²) in [5.74, 6) is -2.06. The summed E-state index contributed by atoms with van der Waals surface area (Å²) in [6.07, 6.45) is 6.14. The minimum atomic E-state index is -0.564. The topological polar surface area (TPSA) is 229 Å². The maximum Gasteiger partial charge on any atom is 0.246 e.